The van der Waals surface area contributed by atoms with Crippen molar-refractivity contribution in [3.8, 4) is 0 Å². The van der Waals surface area contributed by atoms with Crippen molar-refractivity contribution in [2.45, 2.75) is 145 Å². The second-order valence-electron chi connectivity index (χ2n) is 17.6. The lowest BCUT2D eigenvalue weighted by Gasteiger charge is -2.39. The van der Waals surface area contributed by atoms with E-state index in [1.165, 1.54) is 0 Å². The monoisotopic (exact) mass is 1560 g/mol. The third-order valence-corrected chi connectivity index (χ3v) is 15.1. The maximum Gasteiger partial charge on any atom is 0.218 e. The topological polar surface area (TPSA) is 916 Å². The van der Waals surface area contributed by atoms with Crippen LogP contribution in [0.3, 0.4) is 0 Å². The van der Waals surface area contributed by atoms with Gasteiger partial charge in [0.15, 0.2) is 30.9 Å². The molecule has 5 fully saturated rings. The van der Waals surface area contributed by atoms with Gasteiger partial charge in [-0.15, -0.1) is 0 Å². The molecule has 0 aromatic heterocycles. The summed E-state index contributed by atoms with van der Waals surface area (Å²) in [6.45, 7) is -3.40. The van der Waals surface area contributed by atoms with Crippen molar-refractivity contribution >= 4 is 94.8 Å². The number of carboxylic acids is 2. The van der Waals surface area contributed by atoms with Gasteiger partial charge in [-0.3, -0.25) is 20.9 Å². The normalized spacial score (nSPS) is 28.9. The molecule has 0 spiro atoms. The SMILES string of the molecule is C.C.CO.CO[C@@H]1C(COS(=O)(=O)[O-])OCC(NS(=O)(=O)[O-])[C@@H]1O.O.O.O.O.O=C([O-])C1C[C@@H](O)C(OS(=O)(=O)[O-])CO1.O=C([O-])C1C[C@@H](O)C([O-])CO1.O=S(=O)([O-])NC1CCC(COS(=O)(=O)[O-])C[C@H]1OS(=O)(=O)[O-].O=S(=O)([O-])NC1COC(COS(=O)(=O)[O-])C[C@H]1O. The van der Waals surface area contributed by atoms with Crippen LogP contribution in [0.4, 0.5) is 0 Å². The molecule has 0 aromatic rings. The first-order valence-corrected chi connectivity index (χ1v) is 34.2. The van der Waals surface area contributed by atoms with Crippen LogP contribution in [0, 0.1) is 5.92 Å². The van der Waals surface area contributed by atoms with Crippen molar-refractivity contribution < 1.29 is 221 Å². The van der Waals surface area contributed by atoms with Gasteiger partial charge < -0.3 is 132 Å². The van der Waals surface area contributed by atoms with E-state index in [9.17, 15) is 144 Å². The second kappa shape index (κ2) is 45.9. The summed E-state index contributed by atoms with van der Waals surface area (Å²) in [5.74, 6) is -3.57. The molecule has 4 saturated heterocycles. The second-order valence-corrected chi connectivity index (χ2v) is 26.2. The maximum atomic E-state index is 10.7. The van der Waals surface area contributed by atoms with Crippen molar-refractivity contribution in [2.24, 2.45) is 5.92 Å². The summed E-state index contributed by atoms with van der Waals surface area (Å²) in [6, 6.07) is -3.65. The fraction of sp³-hybridized carbons (Fsp3) is 0.943. The van der Waals surface area contributed by atoms with Crippen LogP contribution in [0.25, 0.3) is 0 Å². The van der Waals surface area contributed by atoms with Crippen molar-refractivity contribution in [1.29, 1.82) is 0 Å². The number of carboxylic acid groups (broad SMARTS) is 2. The highest BCUT2D eigenvalue weighted by molar-refractivity contribution is 7.84. The predicted molar refractivity (Wildman–Crippen MR) is 281 cm³/mol. The molecule has 0 aromatic carbocycles. The van der Waals surface area contributed by atoms with Gasteiger partial charge in [-0.1, -0.05) is 21.0 Å². The first kappa shape index (κ1) is 105. The molecule has 574 valence electrons. The largest absolute Gasteiger partial charge is 0.848 e. The van der Waals surface area contributed by atoms with Crippen LogP contribution in [-0.2, 0) is 137 Å². The van der Waals surface area contributed by atoms with Gasteiger partial charge in [-0.25, -0.2) is 81.5 Å². The van der Waals surface area contributed by atoms with Gasteiger partial charge >= 0.3 is 0 Å². The number of nitrogens with one attached hydrogen (secondary N) is 3. The number of aliphatic hydroxyl groups excluding tert-OH is 5. The zero-order valence-corrected chi connectivity index (χ0v) is 52.9. The standard InChI is InChI=1S/C7H15NO11S3.C7H15NO10S2.C6H13NO9S2.C6H10O8S.C6H9O5.CH4O.2CH4.4H2O/c9-20(10,11)8-6-2-1-5(4-18-21(12,13)14)3-7(6)19-22(15,16)17;1-16-7-5(3-18-20(13,14)15)17-2-4(6(7)9)8-19(10,11)12;8-6-1-4(2-16-18(12,13)14)15-3-5(6)7-17(9,10)11;7-3-1-4(6(8)9)13-2-5(3)14-15(10,11)12;7-3-1-5(6(9)10)11-2-4(3)8;1-2;;;;;;/h5-8H,1-4H2,(H,9,10,11)(H,12,13,14)(H,15,16,17);4-9H,2-3H2,1H3,(H,10,11,12)(H,13,14,15);4-8H,1-3H2,(H,9,10,11)(H,12,13,14);3-5,7H,1-2H2,(H,8,9)(H,10,11,12);3-5,7H,1-2H2,(H,9,10);2H,1H3;2*1H4;4*1H2/q;;;;-1;;;;;;;/p-10/t5?,6?,7-;4?,5?,6-,7+;4?,5?,6-;2*3-,4?,5?;;;;;;;/m10111......./s1. The van der Waals surface area contributed by atoms with E-state index >= 15 is 0 Å². The number of hydrogen-bond acceptors (Lipinski definition) is 44. The van der Waals surface area contributed by atoms with Gasteiger partial charge in [0.05, 0.1) is 100 Å². The molecule has 4 heterocycles. The number of ether oxygens (including phenoxy) is 5. The van der Waals surface area contributed by atoms with Crippen molar-refractivity contribution in [3.63, 3.8) is 0 Å². The fourth-order valence-electron chi connectivity index (χ4n) is 7.38. The van der Waals surface area contributed by atoms with Gasteiger partial charge in [-0.2, -0.15) is 0 Å². The van der Waals surface area contributed by atoms with Crippen molar-refractivity contribution in [3.05, 3.63) is 0 Å². The highest BCUT2D eigenvalue weighted by atomic mass is 32.3. The zero-order valence-electron chi connectivity index (χ0n) is 46.4. The van der Waals surface area contributed by atoms with Crippen LogP contribution in [0.5, 0.6) is 0 Å². The summed E-state index contributed by atoms with van der Waals surface area (Å²) in [5, 5.41) is 75.6. The summed E-state index contributed by atoms with van der Waals surface area (Å²) >= 11 is 0. The van der Waals surface area contributed by atoms with Gasteiger partial charge in [0.25, 0.3) is 0 Å². The van der Waals surface area contributed by atoms with Crippen LogP contribution < -0.4 is 29.5 Å². The smallest absolute Gasteiger partial charge is 0.218 e. The predicted octanol–water partition coefficient (Wildman–Crippen LogP) is -17.9. The third kappa shape index (κ3) is 48.9. The molecular formula is C35H72N3O48S8-11. The van der Waals surface area contributed by atoms with E-state index in [0.717, 1.165) is 14.2 Å². The molecule has 16 atom stereocenters. The fourth-order valence-corrected chi connectivity index (χ4v) is 11.2. The molecule has 51 nitrogen and oxygen atoms in total. The van der Waals surface area contributed by atoms with Gasteiger partial charge in [0.1, 0.15) is 24.4 Å². The maximum absolute atomic E-state index is 10.7. The molecule has 10 unspecified atom stereocenters. The van der Waals surface area contributed by atoms with Crippen molar-refractivity contribution in [2.75, 3.05) is 60.5 Å². The Morgan fingerprint density at radius 2 is 0.862 bits per heavy atom. The van der Waals surface area contributed by atoms with E-state index in [-0.39, 0.29) is 88.5 Å². The Bertz CT molecular complexity index is 3090. The van der Waals surface area contributed by atoms with Crippen LogP contribution in [0.15, 0.2) is 0 Å². The number of rotatable bonds is 22. The molecule has 4 aliphatic heterocycles. The minimum atomic E-state index is -5.19. The molecule has 0 bridgehead atoms. The molecule has 5 aliphatic rings. The highest BCUT2D eigenvalue weighted by Crippen LogP contribution is 2.29. The highest BCUT2D eigenvalue weighted by Gasteiger charge is 2.41. The number of aliphatic hydroxyl groups is 5. The Morgan fingerprint density at radius 3 is 1.26 bits per heavy atom. The Labute approximate surface area is 538 Å². The van der Waals surface area contributed by atoms with E-state index in [1.54, 1.807) is 14.2 Å². The average Bonchev–Trinajstić information content (AvgIpc) is 0.845. The first-order chi connectivity index (χ1) is 39.8. The zero-order chi connectivity index (χ0) is 68.8. The van der Waals surface area contributed by atoms with Crippen LogP contribution in [-0.4, -0.2) is 315 Å². The number of carbonyl (C=O) groups excluding carboxylic acids is 2. The Kier molecular flexibility index (Phi) is 51.1. The molecule has 5 rings (SSSR count). The third-order valence-electron chi connectivity index (χ3n) is 11.1. The minimum Gasteiger partial charge on any atom is -0.848 e. The molecule has 16 N–H and O–H groups in total. The minimum absolute atomic E-state index is 0. The number of carbonyl (C=O) groups is 2. The summed E-state index contributed by atoms with van der Waals surface area (Å²) in [4.78, 5) is 20.5. The molecule has 1 aliphatic carbocycles. The lowest BCUT2D eigenvalue weighted by molar-refractivity contribution is -0.455. The average molecular weight is 1560 g/mol. The lowest BCUT2D eigenvalue weighted by atomic mass is 9.85. The van der Waals surface area contributed by atoms with Gasteiger partial charge in [-0.05, 0) is 25.2 Å². The van der Waals surface area contributed by atoms with Crippen LogP contribution in [0.2, 0.25) is 0 Å². The number of hydrogen-bond donors (Lipinski definition) is 8. The van der Waals surface area contributed by atoms with Gasteiger partial charge in [0, 0.05) is 52.2 Å². The number of methoxy groups -OCH3 is 1. The van der Waals surface area contributed by atoms with Crippen LogP contribution >= 0.6 is 0 Å². The van der Waals surface area contributed by atoms with Crippen LogP contribution in [0.1, 0.15) is 53.4 Å². The Hall–Kier alpha value is -2.70. The van der Waals surface area contributed by atoms with Crippen molar-refractivity contribution in [1.82, 2.24) is 14.2 Å². The molecular weight excluding hydrogens is 1490 g/mol. The summed E-state index contributed by atoms with van der Waals surface area (Å²) < 4.78 is 299. The summed E-state index contributed by atoms with van der Waals surface area (Å²) in [6.07, 6.45) is -16.1. The van der Waals surface area contributed by atoms with E-state index in [4.69, 9.17) is 24.4 Å². The van der Waals surface area contributed by atoms with E-state index in [1.807, 2.05) is 0 Å². The van der Waals surface area contributed by atoms with E-state index in [2.05, 4.69) is 30.4 Å². The number of aliphatic carboxylic acids is 2. The molecule has 0 amide bonds. The Balaban J connectivity index is -0.000000199. The lowest BCUT2D eigenvalue weighted by Crippen LogP contribution is -2.60. The molecule has 1 saturated carbocycles. The molecule has 59 heteroatoms. The summed E-state index contributed by atoms with van der Waals surface area (Å²) in [7, 11) is -37.2. The quantitative estimate of drug-likeness (QED) is 0.0369. The van der Waals surface area contributed by atoms with Gasteiger partial charge in [0.2, 0.25) is 52.0 Å². The molecule has 94 heavy (non-hydrogen) atoms. The first-order valence-electron chi connectivity index (χ1n) is 23.3. The molecule has 0 radical (unpaired) electrons. The summed E-state index contributed by atoms with van der Waals surface area (Å²) in [5.41, 5.74) is 0. The van der Waals surface area contributed by atoms with E-state index in [0.29, 0.717) is 0 Å². The van der Waals surface area contributed by atoms with E-state index < -0.39 is 225 Å². The Morgan fingerprint density at radius 1 is 0.468 bits per heavy atom.